The van der Waals surface area contributed by atoms with E-state index in [1.807, 2.05) is 53.1 Å². The van der Waals surface area contributed by atoms with Gasteiger partial charge < -0.3 is 14.8 Å². The highest BCUT2D eigenvalue weighted by atomic mass is 32.2. The van der Waals surface area contributed by atoms with Gasteiger partial charge in [0.15, 0.2) is 11.0 Å². The summed E-state index contributed by atoms with van der Waals surface area (Å²) >= 11 is 1.30. The number of aromatic nitrogens is 4. The Balaban J connectivity index is 1.59. The molecule has 0 unspecified atom stereocenters. The van der Waals surface area contributed by atoms with Crippen molar-refractivity contribution < 1.29 is 14.3 Å². The molecule has 0 fully saturated rings. The van der Waals surface area contributed by atoms with Crippen LogP contribution in [0.4, 0.5) is 5.69 Å². The third-order valence-electron chi connectivity index (χ3n) is 4.62. The standard InChI is InChI=1S/C23H21N5O3S/c1-30-18-9-7-17(8-10-18)28-22(16-11-13-24-14-12-16)26-27-23(28)32-15-21(29)25-19-5-3-4-6-20(19)31-2/h3-14H,15H2,1-2H3,(H,25,29). The summed E-state index contributed by atoms with van der Waals surface area (Å²) in [6.07, 6.45) is 3.41. The molecule has 0 aliphatic carbocycles. The fraction of sp³-hybridized carbons (Fsp3) is 0.130. The van der Waals surface area contributed by atoms with Gasteiger partial charge in [0.1, 0.15) is 11.5 Å². The molecule has 0 spiro atoms. The van der Waals surface area contributed by atoms with Crippen LogP contribution in [0.5, 0.6) is 11.5 Å². The molecule has 9 heteroatoms. The molecular formula is C23H21N5O3S. The SMILES string of the molecule is COc1ccc(-n2c(SCC(=O)Nc3ccccc3OC)nnc2-c2ccncc2)cc1. The molecular weight excluding hydrogens is 426 g/mol. The number of nitrogens with zero attached hydrogens (tertiary/aromatic N) is 4. The number of hydrogen-bond donors (Lipinski definition) is 1. The van der Waals surface area contributed by atoms with Crippen molar-refractivity contribution in [1.29, 1.82) is 0 Å². The first-order valence-electron chi connectivity index (χ1n) is 9.75. The monoisotopic (exact) mass is 447 g/mol. The van der Waals surface area contributed by atoms with Crippen molar-refractivity contribution in [1.82, 2.24) is 19.7 Å². The van der Waals surface area contributed by atoms with Crippen molar-refractivity contribution in [2.45, 2.75) is 5.16 Å². The molecule has 162 valence electrons. The van der Waals surface area contributed by atoms with E-state index in [4.69, 9.17) is 9.47 Å². The van der Waals surface area contributed by atoms with Crippen LogP contribution in [0.25, 0.3) is 17.1 Å². The van der Waals surface area contributed by atoms with Gasteiger partial charge in [0, 0.05) is 23.6 Å². The molecule has 4 rings (SSSR count). The number of methoxy groups -OCH3 is 2. The molecule has 4 aromatic rings. The van der Waals surface area contributed by atoms with Gasteiger partial charge in [-0.2, -0.15) is 0 Å². The maximum Gasteiger partial charge on any atom is 0.234 e. The number of benzene rings is 2. The summed E-state index contributed by atoms with van der Waals surface area (Å²) in [6.45, 7) is 0. The van der Waals surface area contributed by atoms with Gasteiger partial charge >= 0.3 is 0 Å². The molecule has 8 nitrogen and oxygen atoms in total. The molecule has 0 bridgehead atoms. The van der Waals surface area contributed by atoms with Gasteiger partial charge in [0.05, 0.1) is 25.7 Å². The van der Waals surface area contributed by atoms with E-state index < -0.39 is 0 Å². The number of nitrogens with one attached hydrogen (secondary N) is 1. The van der Waals surface area contributed by atoms with Gasteiger partial charge in [0.25, 0.3) is 0 Å². The first kappa shape index (κ1) is 21.4. The van der Waals surface area contributed by atoms with Gasteiger partial charge in [-0.1, -0.05) is 23.9 Å². The average molecular weight is 448 g/mol. The summed E-state index contributed by atoms with van der Waals surface area (Å²) in [5.41, 5.74) is 2.35. The number of anilines is 1. The van der Waals surface area contributed by atoms with E-state index in [9.17, 15) is 4.79 Å². The van der Waals surface area contributed by atoms with Crippen LogP contribution < -0.4 is 14.8 Å². The quantitative estimate of drug-likeness (QED) is 0.407. The zero-order valence-electron chi connectivity index (χ0n) is 17.6. The maximum absolute atomic E-state index is 12.6. The zero-order valence-corrected chi connectivity index (χ0v) is 18.4. The Hall–Kier alpha value is -3.85. The smallest absolute Gasteiger partial charge is 0.234 e. The minimum Gasteiger partial charge on any atom is -0.497 e. The topological polar surface area (TPSA) is 91.2 Å². The number of carbonyl (C=O) groups is 1. The molecule has 2 aromatic heterocycles. The minimum absolute atomic E-state index is 0.155. The predicted octanol–water partition coefficient (Wildman–Crippen LogP) is 4.08. The van der Waals surface area contributed by atoms with Crippen molar-refractivity contribution >= 4 is 23.4 Å². The number of carbonyl (C=O) groups excluding carboxylic acids is 1. The van der Waals surface area contributed by atoms with E-state index in [0.717, 1.165) is 17.0 Å². The summed E-state index contributed by atoms with van der Waals surface area (Å²) < 4.78 is 12.5. The number of hydrogen-bond acceptors (Lipinski definition) is 7. The van der Waals surface area contributed by atoms with E-state index in [-0.39, 0.29) is 11.7 Å². The van der Waals surface area contributed by atoms with Crippen molar-refractivity contribution in [3.05, 3.63) is 73.1 Å². The molecule has 0 aliphatic rings. The van der Waals surface area contributed by atoms with E-state index in [0.29, 0.717) is 22.4 Å². The van der Waals surface area contributed by atoms with Gasteiger partial charge in [-0.3, -0.25) is 14.3 Å². The second-order valence-corrected chi connectivity index (χ2v) is 7.56. The Morgan fingerprint density at radius 1 is 0.969 bits per heavy atom. The van der Waals surface area contributed by atoms with Crippen LogP contribution in [0.3, 0.4) is 0 Å². The normalized spacial score (nSPS) is 10.6. The van der Waals surface area contributed by atoms with Crippen LogP contribution >= 0.6 is 11.8 Å². The average Bonchev–Trinajstić information content (AvgIpc) is 3.27. The van der Waals surface area contributed by atoms with Gasteiger partial charge in [-0.25, -0.2) is 0 Å². The summed E-state index contributed by atoms with van der Waals surface area (Å²) in [5, 5.41) is 12.2. The van der Waals surface area contributed by atoms with Crippen molar-refractivity contribution in [3.63, 3.8) is 0 Å². The third kappa shape index (κ3) is 4.73. The molecule has 0 saturated heterocycles. The summed E-state index contributed by atoms with van der Waals surface area (Å²) in [5.74, 6) is 1.99. The number of pyridine rings is 1. The fourth-order valence-corrected chi connectivity index (χ4v) is 3.83. The van der Waals surface area contributed by atoms with E-state index >= 15 is 0 Å². The Kier molecular flexibility index (Phi) is 6.66. The first-order chi connectivity index (χ1) is 15.7. The largest absolute Gasteiger partial charge is 0.497 e. The Labute approximate surface area is 189 Å². The molecule has 0 atom stereocenters. The lowest BCUT2D eigenvalue weighted by Crippen LogP contribution is -2.15. The third-order valence-corrected chi connectivity index (χ3v) is 5.54. The number of amides is 1. The van der Waals surface area contributed by atoms with E-state index in [1.54, 1.807) is 38.7 Å². The second-order valence-electron chi connectivity index (χ2n) is 6.61. The molecule has 32 heavy (non-hydrogen) atoms. The Morgan fingerprint density at radius 3 is 2.44 bits per heavy atom. The highest BCUT2D eigenvalue weighted by Gasteiger charge is 2.18. The number of ether oxygens (including phenoxy) is 2. The molecule has 2 heterocycles. The number of para-hydroxylation sites is 2. The van der Waals surface area contributed by atoms with Crippen LogP contribution in [0, 0.1) is 0 Å². The van der Waals surface area contributed by atoms with E-state index in [2.05, 4.69) is 20.5 Å². The lowest BCUT2D eigenvalue weighted by molar-refractivity contribution is -0.113. The van der Waals surface area contributed by atoms with Crippen molar-refractivity contribution in [3.8, 4) is 28.6 Å². The molecule has 1 amide bonds. The van der Waals surface area contributed by atoms with Crippen molar-refractivity contribution in [2.24, 2.45) is 0 Å². The summed E-state index contributed by atoms with van der Waals surface area (Å²) in [7, 11) is 3.19. The highest BCUT2D eigenvalue weighted by molar-refractivity contribution is 7.99. The van der Waals surface area contributed by atoms with Crippen LogP contribution in [-0.2, 0) is 4.79 Å². The molecule has 2 aromatic carbocycles. The summed E-state index contributed by atoms with van der Waals surface area (Å²) in [6, 6.07) is 18.6. The minimum atomic E-state index is -0.172. The molecule has 1 N–H and O–H groups in total. The Morgan fingerprint density at radius 2 is 1.72 bits per heavy atom. The molecule has 0 radical (unpaired) electrons. The first-order valence-corrected chi connectivity index (χ1v) is 10.7. The molecule has 0 aliphatic heterocycles. The number of rotatable bonds is 8. The second kappa shape index (κ2) is 9.97. The lowest BCUT2D eigenvalue weighted by Gasteiger charge is -2.12. The van der Waals surface area contributed by atoms with E-state index in [1.165, 1.54) is 11.8 Å². The van der Waals surface area contributed by atoms with Gasteiger partial charge in [0.2, 0.25) is 5.91 Å². The highest BCUT2D eigenvalue weighted by Crippen LogP contribution is 2.29. The van der Waals surface area contributed by atoms with Crippen LogP contribution in [0.1, 0.15) is 0 Å². The summed E-state index contributed by atoms with van der Waals surface area (Å²) in [4.78, 5) is 16.7. The maximum atomic E-state index is 12.6. The Bertz CT molecular complexity index is 1200. The van der Waals surface area contributed by atoms with Gasteiger partial charge in [-0.15, -0.1) is 10.2 Å². The van der Waals surface area contributed by atoms with Crippen LogP contribution in [0.15, 0.2) is 78.2 Å². The fourth-order valence-electron chi connectivity index (χ4n) is 3.08. The van der Waals surface area contributed by atoms with Crippen LogP contribution in [0.2, 0.25) is 0 Å². The van der Waals surface area contributed by atoms with Gasteiger partial charge in [-0.05, 0) is 48.5 Å². The van der Waals surface area contributed by atoms with Crippen molar-refractivity contribution in [2.75, 3.05) is 25.3 Å². The number of thioether (sulfide) groups is 1. The molecule has 0 saturated carbocycles. The zero-order chi connectivity index (χ0) is 22.3. The predicted molar refractivity (Wildman–Crippen MR) is 123 cm³/mol. The lowest BCUT2D eigenvalue weighted by atomic mass is 10.2. The van der Waals surface area contributed by atoms with Crippen LogP contribution in [-0.4, -0.2) is 45.6 Å².